The van der Waals surface area contributed by atoms with Crippen molar-refractivity contribution in [3.05, 3.63) is 74.3 Å². The Morgan fingerprint density at radius 1 is 1.21 bits per heavy atom. The summed E-state index contributed by atoms with van der Waals surface area (Å²) in [5.41, 5.74) is 1.36. The lowest BCUT2D eigenvalue weighted by atomic mass is 10.0. The number of likely N-dealkylation sites (N-methyl/N-ethyl adjacent to an activating group) is 1. The molecule has 1 aliphatic heterocycles. The molecular weight excluding hydrogens is 475 g/mol. The van der Waals surface area contributed by atoms with Crippen LogP contribution >= 0.6 is 23.4 Å². The number of carbonyl (C=O) groups excluding carboxylic acids is 2. The van der Waals surface area contributed by atoms with Gasteiger partial charge in [0, 0.05) is 17.8 Å². The molecule has 1 heterocycles. The molecule has 10 heteroatoms. The topological polar surface area (TPSA) is 73.2 Å². The van der Waals surface area contributed by atoms with Gasteiger partial charge in [0.15, 0.2) is 0 Å². The first-order valence-electron chi connectivity index (χ1n) is 9.77. The molecule has 1 saturated heterocycles. The molecule has 3 rings (SSSR count). The van der Waals surface area contributed by atoms with Gasteiger partial charge in [-0.25, -0.2) is 0 Å². The lowest BCUT2D eigenvalue weighted by molar-refractivity contribution is -0.137. The quantitative estimate of drug-likeness (QED) is 0.472. The van der Waals surface area contributed by atoms with Gasteiger partial charge in [-0.15, -0.1) is 0 Å². The van der Waals surface area contributed by atoms with Crippen LogP contribution in [0.15, 0.2) is 47.0 Å². The Balaban J connectivity index is 2.09. The van der Waals surface area contributed by atoms with Crippen LogP contribution in [0.2, 0.25) is 5.02 Å². The Morgan fingerprint density at radius 2 is 1.91 bits per heavy atom. The number of anilines is 1. The zero-order valence-electron chi connectivity index (χ0n) is 17.9. The molecule has 33 heavy (non-hydrogen) atoms. The highest BCUT2D eigenvalue weighted by molar-refractivity contribution is 8.05. The minimum atomic E-state index is -4.56. The lowest BCUT2D eigenvalue weighted by Gasteiger charge is -2.19. The van der Waals surface area contributed by atoms with E-state index >= 15 is 0 Å². The fourth-order valence-electron chi connectivity index (χ4n) is 3.32. The van der Waals surface area contributed by atoms with Gasteiger partial charge >= 0.3 is 6.18 Å². The van der Waals surface area contributed by atoms with Crippen LogP contribution in [0.3, 0.4) is 0 Å². The number of halogens is 4. The van der Waals surface area contributed by atoms with E-state index in [0.717, 1.165) is 41.1 Å². The third kappa shape index (κ3) is 5.02. The van der Waals surface area contributed by atoms with Crippen LogP contribution in [0.5, 0.6) is 0 Å². The van der Waals surface area contributed by atoms with Crippen LogP contribution in [-0.2, 0) is 22.2 Å². The number of amides is 2. The van der Waals surface area contributed by atoms with Crippen LogP contribution < -0.4 is 10.2 Å². The Labute approximate surface area is 198 Å². The normalized spacial score (nSPS) is 17.7. The standard InChI is InChI=1S/C23H19ClF3N3O2S/c1-12-4-6-16(8-13(12)2)30-21(32)19(33-22(30)17(11-28)20(31)29-3)10-14-9-15(23(25,26)27)5-7-18(14)24/h4-9,19H,10H2,1-3H3,(H,29,31)/b22-17-. The lowest BCUT2D eigenvalue weighted by Crippen LogP contribution is -2.31. The number of nitriles is 1. The zero-order valence-corrected chi connectivity index (χ0v) is 19.5. The Bertz CT molecular complexity index is 1200. The Kier molecular flexibility index (Phi) is 7.10. The SMILES string of the molecule is CNC(=O)/C(C#N)=C1\SC(Cc2cc(C(F)(F)F)ccc2Cl)C(=O)N1c1ccc(C)c(C)c1. The van der Waals surface area contributed by atoms with Gasteiger partial charge in [-0.05, 0) is 67.3 Å². The Morgan fingerprint density at radius 3 is 2.48 bits per heavy atom. The summed E-state index contributed by atoms with van der Waals surface area (Å²) < 4.78 is 39.5. The second kappa shape index (κ2) is 9.49. The van der Waals surface area contributed by atoms with E-state index < -0.39 is 28.8 Å². The van der Waals surface area contributed by atoms with Crippen molar-refractivity contribution in [2.45, 2.75) is 31.7 Å². The maximum absolute atomic E-state index is 13.4. The highest BCUT2D eigenvalue weighted by atomic mass is 35.5. The average molecular weight is 494 g/mol. The molecule has 1 unspecified atom stereocenters. The number of hydrogen-bond acceptors (Lipinski definition) is 4. The number of thioether (sulfide) groups is 1. The molecule has 2 amide bonds. The van der Waals surface area contributed by atoms with E-state index in [-0.39, 0.29) is 27.6 Å². The fraction of sp³-hybridized carbons (Fsp3) is 0.261. The molecule has 1 atom stereocenters. The molecule has 0 radical (unpaired) electrons. The largest absolute Gasteiger partial charge is 0.416 e. The molecule has 2 aromatic carbocycles. The third-order valence-corrected chi connectivity index (χ3v) is 6.89. The van der Waals surface area contributed by atoms with Crippen LogP contribution in [0.25, 0.3) is 0 Å². The van der Waals surface area contributed by atoms with Crippen molar-refractivity contribution in [2.75, 3.05) is 11.9 Å². The van der Waals surface area contributed by atoms with E-state index in [1.54, 1.807) is 12.1 Å². The van der Waals surface area contributed by atoms with Gasteiger partial charge in [0.05, 0.1) is 10.8 Å². The zero-order chi connectivity index (χ0) is 24.5. The van der Waals surface area contributed by atoms with Crippen LogP contribution in [0.4, 0.5) is 18.9 Å². The molecule has 0 saturated carbocycles. The number of rotatable bonds is 4. The van der Waals surface area contributed by atoms with Gasteiger partial charge in [-0.2, -0.15) is 18.4 Å². The summed E-state index contributed by atoms with van der Waals surface area (Å²) in [5.74, 6) is -1.12. The molecule has 0 bridgehead atoms. The maximum Gasteiger partial charge on any atom is 0.416 e. The van der Waals surface area contributed by atoms with Crippen molar-refractivity contribution in [3.63, 3.8) is 0 Å². The predicted octanol–water partition coefficient (Wildman–Crippen LogP) is 5.15. The van der Waals surface area contributed by atoms with Crippen molar-refractivity contribution >= 4 is 40.9 Å². The van der Waals surface area contributed by atoms with Crippen LogP contribution in [0.1, 0.15) is 22.3 Å². The van der Waals surface area contributed by atoms with Gasteiger partial charge in [0.1, 0.15) is 16.7 Å². The second-order valence-electron chi connectivity index (χ2n) is 7.43. The minimum absolute atomic E-state index is 0.0957. The molecule has 1 aliphatic rings. The van der Waals surface area contributed by atoms with E-state index in [4.69, 9.17) is 11.6 Å². The van der Waals surface area contributed by atoms with Crippen LogP contribution in [-0.4, -0.2) is 24.1 Å². The summed E-state index contributed by atoms with van der Waals surface area (Å²) in [6.07, 6.45) is -4.67. The summed E-state index contributed by atoms with van der Waals surface area (Å²) in [5, 5.41) is 11.3. The van der Waals surface area contributed by atoms with Crippen molar-refractivity contribution in [3.8, 4) is 6.07 Å². The first-order chi connectivity index (χ1) is 15.5. The minimum Gasteiger partial charge on any atom is -0.354 e. The molecule has 1 fully saturated rings. The van der Waals surface area contributed by atoms with Crippen molar-refractivity contribution in [2.24, 2.45) is 0 Å². The summed E-state index contributed by atoms with van der Waals surface area (Å²) in [7, 11) is 1.36. The number of carbonyl (C=O) groups is 2. The average Bonchev–Trinajstić information content (AvgIpc) is 3.07. The van der Waals surface area contributed by atoms with Gasteiger partial charge in [-0.1, -0.05) is 29.4 Å². The number of benzene rings is 2. The van der Waals surface area contributed by atoms with Gasteiger partial charge in [0.25, 0.3) is 5.91 Å². The number of nitrogens with one attached hydrogen (secondary N) is 1. The van der Waals surface area contributed by atoms with Gasteiger partial charge in [-0.3, -0.25) is 14.5 Å². The van der Waals surface area contributed by atoms with Crippen molar-refractivity contribution < 1.29 is 22.8 Å². The summed E-state index contributed by atoms with van der Waals surface area (Å²) in [4.78, 5) is 27.0. The summed E-state index contributed by atoms with van der Waals surface area (Å²) >= 11 is 7.09. The second-order valence-corrected chi connectivity index (χ2v) is 9.03. The molecule has 2 aromatic rings. The smallest absolute Gasteiger partial charge is 0.354 e. The summed E-state index contributed by atoms with van der Waals surface area (Å²) in [6.45, 7) is 3.76. The number of nitrogens with zero attached hydrogens (tertiary/aromatic N) is 2. The molecular formula is C23H19ClF3N3O2S. The molecule has 0 spiro atoms. The van der Waals surface area contributed by atoms with Crippen molar-refractivity contribution in [1.82, 2.24) is 5.32 Å². The first-order valence-corrected chi connectivity index (χ1v) is 11.0. The van der Waals surface area contributed by atoms with Crippen LogP contribution in [0, 0.1) is 25.2 Å². The number of aryl methyl sites for hydroxylation is 2. The van der Waals surface area contributed by atoms with Gasteiger partial charge in [0.2, 0.25) is 5.91 Å². The van der Waals surface area contributed by atoms with E-state index in [1.165, 1.54) is 11.9 Å². The third-order valence-electron chi connectivity index (χ3n) is 5.26. The molecule has 0 aliphatic carbocycles. The van der Waals surface area contributed by atoms with E-state index in [0.29, 0.717) is 5.69 Å². The van der Waals surface area contributed by atoms with Crippen molar-refractivity contribution in [1.29, 1.82) is 5.26 Å². The number of alkyl halides is 3. The Hall–Kier alpha value is -2.96. The maximum atomic E-state index is 13.4. The predicted molar refractivity (Wildman–Crippen MR) is 122 cm³/mol. The molecule has 1 N–H and O–H groups in total. The molecule has 0 aromatic heterocycles. The molecule has 172 valence electrons. The van der Waals surface area contributed by atoms with E-state index in [1.807, 2.05) is 26.0 Å². The monoisotopic (exact) mass is 493 g/mol. The highest BCUT2D eigenvalue weighted by Crippen LogP contribution is 2.43. The van der Waals surface area contributed by atoms with E-state index in [9.17, 15) is 28.0 Å². The number of hydrogen-bond donors (Lipinski definition) is 1. The summed E-state index contributed by atoms with van der Waals surface area (Å²) in [6, 6.07) is 10.0. The first kappa shape index (κ1) is 24.7. The highest BCUT2D eigenvalue weighted by Gasteiger charge is 2.41. The van der Waals surface area contributed by atoms with Gasteiger partial charge < -0.3 is 5.32 Å². The molecule has 5 nitrogen and oxygen atoms in total. The fourth-order valence-corrected chi connectivity index (χ4v) is 4.81. The van der Waals surface area contributed by atoms with E-state index in [2.05, 4.69) is 5.32 Å².